The van der Waals surface area contributed by atoms with Crippen LogP contribution in [0.4, 0.5) is 0 Å². The van der Waals surface area contributed by atoms with Crippen LogP contribution in [0.3, 0.4) is 0 Å². The van der Waals surface area contributed by atoms with Crippen LogP contribution in [0.5, 0.6) is 0 Å². The molecule has 0 N–H and O–H groups in total. The lowest BCUT2D eigenvalue weighted by Crippen LogP contribution is -2.14. The zero-order valence-electron chi connectivity index (χ0n) is 22.0. The Morgan fingerprint density at radius 2 is 1.77 bits per heavy atom. The molecule has 0 bridgehead atoms. The molecule has 40 heavy (non-hydrogen) atoms. The maximum atomic E-state index is 14.4. The number of para-hydroxylation sites is 1. The van der Waals surface area contributed by atoms with E-state index in [0.29, 0.717) is 39.2 Å². The van der Waals surface area contributed by atoms with E-state index in [0.717, 1.165) is 22.1 Å². The number of ether oxygens (including phenoxy) is 1. The zero-order valence-corrected chi connectivity index (χ0v) is 23.7. The van der Waals surface area contributed by atoms with Crippen LogP contribution in [0.15, 0.2) is 95.7 Å². The van der Waals surface area contributed by atoms with Crippen LogP contribution in [0.1, 0.15) is 28.8 Å². The number of nitriles is 1. The van der Waals surface area contributed by atoms with Gasteiger partial charge in [-0.1, -0.05) is 60.7 Å². The van der Waals surface area contributed by atoms with Gasteiger partial charge in [0, 0.05) is 28.5 Å². The van der Waals surface area contributed by atoms with Crippen LogP contribution in [-0.4, -0.2) is 25.5 Å². The number of benzene rings is 3. The van der Waals surface area contributed by atoms with Gasteiger partial charge in [0.15, 0.2) is 0 Å². The summed E-state index contributed by atoms with van der Waals surface area (Å²) in [5.41, 5.74) is 5.42. The molecule has 2 heterocycles. The number of nitrogens with zero attached hydrogens (tertiary/aromatic N) is 2. The lowest BCUT2D eigenvalue weighted by atomic mass is 9.95. The number of aromatic nitrogens is 1. The molecule has 0 atom stereocenters. The smallest absolute Gasteiger partial charge is 0.305 e. The number of hydrogen-bond donors (Lipinski definition) is 0. The number of fused-ring (bicyclic) bond motifs is 1. The molecule has 0 unspecified atom stereocenters. The number of allylic oxidation sites excluding steroid dienone is 1. The Bertz CT molecular complexity index is 1910. The Kier molecular flexibility index (Phi) is 7.44. The maximum Gasteiger partial charge on any atom is 0.305 e. The summed E-state index contributed by atoms with van der Waals surface area (Å²) in [4.78, 5) is 12.4. The first-order valence-electron chi connectivity index (χ1n) is 12.5. The summed E-state index contributed by atoms with van der Waals surface area (Å²) in [6.07, 6.45) is 0.587. The molecule has 0 fully saturated rings. The van der Waals surface area contributed by atoms with E-state index in [2.05, 4.69) is 12.6 Å². The van der Waals surface area contributed by atoms with Gasteiger partial charge in [0.05, 0.1) is 23.2 Å². The minimum atomic E-state index is -4.06. The molecule has 0 saturated carbocycles. The summed E-state index contributed by atoms with van der Waals surface area (Å²) in [5, 5.41) is 12.5. The van der Waals surface area contributed by atoms with E-state index in [1.807, 2.05) is 54.8 Å². The number of methoxy groups -OCH3 is 1. The number of rotatable bonds is 8. The van der Waals surface area contributed by atoms with Gasteiger partial charge in [0.2, 0.25) is 0 Å². The van der Waals surface area contributed by atoms with Crippen molar-refractivity contribution in [3.05, 3.63) is 107 Å². The summed E-state index contributed by atoms with van der Waals surface area (Å²) in [7, 11) is -2.71. The van der Waals surface area contributed by atoms with Crippen molar-refractivity contribution in [1.82, 2.24) is 3.97 Å². The quantitative estimate of drug-likeness (QED) is 0.182. The first-order chi connectivity index (χ1) is 19.3. The van der Waals surface area contributed by atoms with E-state index in [4.69, 9.17) is 4.74 Å². The summed E-state index contributed by atoms with van der Waals surface area (Å²) < 4.78 is 34.9. The lowest BCUT2D eigenvalue weighted by Gasteiger charge is -2.15. The van der Waals surface area contributed by atoms with Crippen LogP contribution in [0.2, 0.25) is 0 Å². The third kappa shape index (κ3) is 4.86. The van der Waals surface area contributed by atoms with Crippen molar-refractivity contribution >= 4 is 43.8 Å². The highest BCUT2D eigenvalue weighted by molar-refractivity contribution is 7.90. The van der Waals surface area contributed by atoms with Crippen LogP contribution in [-0.2, 0) is 19.6 Å². The normalized spacial score (nSPS) is 11.3. The fourth-order valence-corrected chi connectivity index (χ4v) is 7.03. The molecule has 5 aromatic rings. The number of hydrogen-bond acceptors (Lipinski definition) is 6. The molecule has 0 amide bonds. The molecule has 2 aromatic heterocycles. The topological polar surface area (TPSA) is 89.2 Å². The number of carbonyl (C=O) groups is 1. The lowest BCUT2D eigenvalue weighted by molar-refractivity contribution is -0.140. The van der Waals surface area contributed by atoms with Crippen molar-refractivity contribution < 1.29 is 17.9 Å². The minimum absolute atomic E-state index is 0.163. The van der Waals surface area contributed by atoms with E-state index in [1.165, 1.54) is 22.4 Å². The van der Waals surface area contributed by atoms with Crippen LogP contribution >= 0.6 is 11.3 Å². The van der Waals surface area contributed by atoms with Crippen molar-refractivity contribution in [2.24, 2.45) is 0 Å². The van der Waals surface area contributed by atoms with Crippen LogP contribution in [0.25, 0.3) is 38.9 Å². The predicted molar refractivity (Wildman–Crippen MR) is 159 cm³/mol. The van der Waals surface area contributed by atoms with Gasteiger partial charge in [-0.05, 0) is 60.2 Å². The zero-order chi connectivity index (χ0) is 28.4. The molecule has 0 aliphatic rings. The third-order valence-corrected chi connectivity index (χ3v) is 9.38. The maximum absolute atomic E-state index is 14.4. The standard InChI is InChI=1S/C32H26N2O4S2/c1-21-11-14-25(15-12-21)40(36,37)34-28-10-5-4-9-26(28)31(27-17-18-39-29(27)20-33)32(34)24-8-6-7-23(19-24)22(2)13-16-30(35)38-3/h4-12,14-15,17-19H,2,13,16H2,1,3H3. The fraction of sp³-hybridized carbons (Fsp3) is 0.125. The van der Waals surface area contributed by atoms with Crippen LogP contribution < -0.4 is 0 Å². The molecule has 6 nitrogen and oxygen atoms in total. The highest BCUT2D eigenvalue weighted by Gasteiger charge is 2.30. The largest absolute Gasteiger partial charge is 0.469 e. The Labute approximate surface area is 237 Å². The molecule has 0 aliphatic heterocycles. The van der Waals surface area contributed by atoms with E-state index in [9.17, 15) is 18.5 Å². The highest BCUT2D eigenvalue weighted by atomic mass is 32.2. The number of esters is 1. The third-order valence-electron chi connectivity index (χ3n) is 6.83. The Balaban J connectivity index is 1.82. The van der Waals surface area contributed by atoms with Crippen molar-refractivity contribution in [1.29, 1.82) is 5.26 Å². The van der Waals surface area contributed by atoms with Gasteiger partial charge in [-0.3, -0.25) is 4.79 Å². The molecule has 0 radical (unpaired) electrons. The second-order valence-corrected chi connectivity index (χ2v) is 12.1. The monoisotopic (exact) mass is 566 g/mol. The first kappa shape index (κ1) is 27.1. The number of thiophene rings is 1. The first-order valence-corrected chi connectivity index (χ1v) is 14.9. The average molecular weight is 567 g/mol. The van der Waals surface area contributed by atoms with Gasteiger partial charge in [-0.15, -0.1) is 11.3 Å². The van der Waals surface area contributed by atoms with Crippen molar-refractivity contribution in [2.75, 3.05) is 7.11 Å². The van der Waals surface area contributed by atoms with Crippen LogP contribution in [0, 0.1) is 18.3 Å². The van der Waals surface area contributed by atoms with E-state index >= 15 is 0 Å². The van der Waals surface area contributed by atoms with Gasteiger partial charge in [0.1, 0.15) is 10.9 Å². The van der Waals surface area contributed by atoms with Gasteiger partial charge in [-0.2, -0.15) is 5.26 Å². The molecule has 5 rings (SSSR count). The fourth-order valence-electron chi connectivity index (χ4n) is 4.79. The molecular formula is C32H26N2O4S2. The molecule has 0 spiro atoms. The van der Waals surface area contributed by atoms with E-state index < -0.39 is 10.0 Å². The highest BCUT2D eigenvalue weighted by Crippen LogP contribution is 2.45. The Morgan fingerprint density at radius 3 is 2.50 bits per heavy atom. The average Bonchev–Trinajstić information content (AvgIpc) is 3.58. The molecule has 0 saturated heterocycles. The summed E-state index contributed by atoms with van der Waals surface area (Å²) in [6, 6.07) is 25.7. The predicted octanol–water partition coefficient (Wildman–Crippen LogP) is 7.42. The Hall–Kier alpha value is -4.45. The SMILES string of the molecule is C=C(CCC(=O)OC)c1cccc(-c2c(-c3ccsc3C#N)c3ccccc3n2S(=O)(=O)c2ccc(C)cc2)c1. The van der Waals surface area contributed by atoms with Gasteiger partial charge >= 0.3 is 5.97 Å². The molecule has 3 aromatic carbocycles. The molecule has 200 valence electrons. The summed E-state index contributed by atoms with van der Waals surface area (Å²) >= 11 is 1.31. The molecule has 8 heteroatoms. The van der Waals surface area contributed by atoms with Gasteiger partial charge in [-0.25, -0.2) is 12.4 Å². The number of aryl methyl sites for hydroxylation is 1. The molecular weight excluding hydrogens is 540 g/mol. The van der Waals surface area contributed by atoms with Gasteiger partial charge < -0.3 is 4.74 Å². The van der Waals surface area contributed by atoms with Crippen molar-refractivity contribution in [3.63, 3.8) is 0 Å². The van der Waals surface area contributed by atoms with Crippen molar-refractivity contribution in [2.45, 2.75) is 24.7 Å². The second kappa shape index (κ2) is 11.0. The number of carbonyl (C=O) groups excluding carboxylic acids is 1. The Morgan fingerprint density at radius 1 is 1.02 bits per heavy atom. The van der Waals surface area contributed by atoms with Crippen molar-refractivity contribution in [3.8, 4) is 28.5 Å². The summed E-state index contributed by atoms with van der Waals surface area (Å²) in [6.45, 7) is 6.07. The van der Waals surface area contributed by atoms with E-state index in [1.54, 1.807) is 36.4 Å². The van der Waals surface area contributed by atoms with Gasteiger partial charge in [0.25, 0.3) is 10.0 Å². The minimum Gasteiger partial charge on any atom is -0.469 e. The molecule has 0 aliphatic carbocycles. The van der Waals surface area contributed by atoms with E-state index in [-0.39, 0.29) is 17.3 Å². The second-order valence-electron chi connectivity index (χ2n) is 9.36. The summed E-state index contributed by atoms with van der Waals surface area (Å²) in [5.74, 6) is -0.328.